The summed E-state index contributed by atoms with van der Waals surface area (Å²) in [5.41, 5.74) is 6.67. The first-order valence-electron chi connectivity index (χ1n) is 7.93. The second-order valence-corrected chi connectivity index (χ2v) is 6.49. The van der Waals surface area contributed by atoms with E-state index in [1.54, 1.807) is 24.3 Å². The van der Waals surface area contributed by atoms with Crippen molar-refractivity contribution in [1.82, 2.24) is 5.32 Å². The molecule has 0 aliphatic heterocycles. The molecule has 0 spiro atoms. The molecule has 2 saturated carbocycles. The van der Waals surface area contributed by atoms with Crippen LogP contribution in [0, 0.1) is 0 Å². The average molecular weight is 302 g/mol. The lowest BCUT2D eigenvalue weighted by molar-refractivity contribution is -0.140. The molecule has 5 heteroatoms. The Kier molecular flexibility index (Phi) is 3.91. The van der Waals surface area contributed by atoms with Gasteiger partial charge in [-0.3, -0.25) is 9.59 Å². The number of aliphatic carboxylic acids is 1. The summed E-state index contributed by atoms with van der Waals surface area (Å²) in [5.74, 6) is -0.910. The molecular formula is C17H22N2O3. The van der Waals surface area contributed by atoms with Crippen molar-refractivity contribution in [1.29, 1.82) is 0 Å². The highest BCUT2D eigenvalue weighted by molar-refractivity contribution is 5.94. The van der Waals surface area contributed by atoms with Crippen LogP contribution >= 0.6 is 0 Å². The number of amides is 1. The minimum Gasteiger partial charge on any atom is -0.481 e. The minimum atomic E-state index is -0.780. The molecule has 3 rings (SSSR count). The molecule has 4 N–H and O–H groups in total. The van der Waals surface area contributed by atoms with E-state index in [0.717, 1.165) is 31.2 Å². The standard InChI is InChI=1S/C17H22N2O3/c18-13-3-1-2-4-14(13)19-15(20)11-5-7-12(8-6-11)17(9-10-17)16(21)22/h5-8,13-14H,1-4,9-10,18H2,(H,19,20)(H,21,22). The fourth-order valence-corrected chi connectivity index (χ4v) is 3.28. The molecule has 1 aromatic rings. The molecule has 2 aliphatic carbocycles. The summed E-state index contributed by atoms with van der Waals surface area (Å²) in [5, 5.41) is 12.3. The Labute approximate surface area is 129 Å². The van der Waals surface area contributed by atoms with Crippen molar-refractivity contribution in [3.63, 3.8) is 0 Å². The van der Waals surface area contributed by atoms with Crippen LogP contribution in [0.2, 0.25) is 0 Å². The van der Waals surface area contributed by atoms with Gasteiger partial charge in [0.15, 0.2) is 0 Å². The van der Waals surface area contributed by atoms with E-state index in [9.17, 15) is 14.7 Å². The maximum Gasteiger partial charge on any atom is 0.314 e. The fraction of sp³-hybridized carbons (Fsp3) is 0.529. The van der Waals surface area contributed by atoms with E-state index < -0.39 is 11.4 Å². The molecule has 2 fully saturated rings. The largest absolute Gasteiger partial charge is 0.481 e. The number of rotatable bonds is 4. The van der Waals surface area contributed by atoms with E-state index in [4.69, 9.17) is 5.73 Å². The number of carboxylic acid groups (broad SMARTS) is 1. The SMILES string of the molecule is NC1CCCCC1NC(=O)c1ccc(C2(C(=O)O)CC2)cc1. The summed E-state index contributed by atoms with van der Waals surface area (Å²) >= 11 is 0. The lowest BCUT2D eigenvalue weighted by Gasteiger charge is -2.29. The van der Waals surface area contributed by atoms with E-state index in [0.29, 0.717) is 18.4 Å². The predicted molar refractivity (Wildman–Crippen MR) is 82.7 cm³/mol. The summed E-state index contributed by atoms with van der Waals surface area (Å²) in [6.45, 7) is 0. The van der Waals surface area contributed by atoms with Gasteiger partial charge >= 0.3 is 5.97 Å². The minimum absolute atomic E-state index is 0.0266. The van der Waals surface area contributed by atoms with Crippen LogP contribution in [0.15, 0.2) is 24.3 Å². The third-order valence-electron chi connectivity index (χ3n) is 4.99. The van der Waals surface area contributed by atoms with Gasteiger partial charge in [-0.1, -0.05) is 25.0 Å². The maximum absolute atomic E-state index is 12.3. The van der Waals surface area contributed by atoms with E-state index in [1.807, 2.05) is 0 Å². The Morgan fingerprint density at radius 3 is 2.32 bits per heavy atom. The van der Waals surface area contributed by atoms with Crippen LogP contribution in [0.1, 0.15) is 54.4 Å². The van der Waals surface area contributed by atoms with E-state index >= 15 is 0 Å². The van der Waals surface area contributed by atoms with Gasteiger partial charge in [-0.2, -0.15) is 0 Å². The van der Waals surface area contributed by atoms with Crippen molar-refractivity contribution in [2.45, 2.75) is 56.0 Å². The molecule has 0 bridgehead atoms. The smallest absolute Gasteiger partial charge is 0.314 e. The number of nitrogens with two attached hydrogens (primary N) is 1. The Morgan fingerprint density at radius 1 is 1.14 bits per heavy atom. The maximum atomic E-state index is 12.3. The zero-order chi connectivity index (χ0) is 15.7. The molecule has 2 atom stereocenters. The third-order valence-corrected chi connectivity index (χ3v) is 4.99. The molecule has 2 aliphatic rings. The second-order valence-electron chi connectivity index (χ2n) is 6.49. The number of carbonyl (C=O) groups is 2. The van der Waals surface area contributed by atoms with Gasteiger partial charge in [0.2, 0.25) is 0 Å². The van der Waals surface area contributed by atoms with Crippen molar-refractivity contribution < 1.29 is 14.7 Å². The zero-order valence-corrected chi connectivity index (χ0v) is 12.5. The Morgan fingerprint density at radius 2 is 1.77 bits per heavy atom. The van der Waals surface area contributed by atoms with Gasteiger partial charge < -0.3 is 16.2 Å². The second kappa shape index (κ2) is 5.72. The van der Waals surface area contributed by atoms with Gasteiger partial charge in [-0.05, 0) is 43.4 Å². The first-order chi connectivity index (χ1) is 10.5. The van der Waals surface area contributed by atoms with Gasteiger partial charge in [0, 0.05) is 17.6 Å². The Hall–Kier alpha value is -1.88. The Bertz CT molecular complexity index is 578. The molecule has 0 saturated heterocycles. The molecular weight excluding hydrogens is 280 g/mol. The first kappa shape index (κ1) is 15.0. The van der Waals surface area contributed by atoms with Crippen molar-refractivity contribution >= 4 is 11.9 Å². The highest BCUT2D eigenvalue weighted by atomic mass is 16.4. The molecule has 1 amide bonds. The fourth-order valence-electron chi connectivity index (χ4n) is 3.28. The quantitative estimate of drug-likeness (QED) is 0.790. The summed E-state index contributed by atoms with van der Waals surface area (Å²) in [6.07, 6.45) is 5.44. The van der Waals surface area contributed by atoms with Crippen LogP contribution in [0.4, 0.5) is 0 Å². The van der Waals surface area contributed by atoms with Crippen molar-refractivity contribution in [2.75, 3.05) is 0 Å². The van der Waals surface area contributed by atoms with Crippen molar-refractivity contribution in [2.24, 2.45) is 5.73 Å². The van der Waals surface area contributed by atoms with Gasteiger partial charge in [0.1, 0.15) is 0 Å². The highest BCUT2D eigenvalue weighted by Crippen LogP contribution is 2.48. The highest BCUT2D eigenvalue weighted by Gasteiger charge is 2.51. The van der Waals surface area contributed by atoms with E-state index in [-0.39, 0.29) is 18.0 Å². The van der Waals surface area contributed by atoms with Gasteiger partial charge in [0.25, 0.3) is 5.91 Å². The van der Waals surface area contributed by atoms with E-state index in [1.165, 1.54) is 0 Å². The Balaban J connectivity index is 1.67. The zero-order valence-electron chi connectivity index (χ0n) is 12.5. The van der Waals surface area contributed by atoms with Gasteiger partial charge in [0.05, 0.1) is 5.41 Å². The van der Waals surface area contributed by atoms with Crippen molar-refractivity contribution in [3.05, 3.63) is 35.4 Å². The molecule has 1 aromatic carbocycles. The molecule has 0 heterocycles. The van der Waals surface area contributed by atoms with Crippen LogP contribution < -0.4 is 11.1 Å². The summed E-state index contributed by atoms with van der Waals surface area (Å²) in [7, 11) is 0. The predicted octanol–water partition coefficient (Wildman–Crippen LogP) is 1.80. The number of hydrogen-bond donors (Lipinski definition) is 3. The summed E-state index contributed by atoms with van der Waals surface area (Å²) < 4.78 is 0. The van der Waals surface area contributed by atoms with Crippen LogP contribution in [-0.2, 0) is 10.2 Å². The lowest BCUT2D eigenvalue weighted by atomic mass is 9.90. The summed E-state index contributed by atoms with van der Waals surface area (Å²) in [6, 6.07) is 7.01. The molecule has 118 valence electrons. The number of carbonyl (C=O) groups excluding carboxylic acids is 1. The average Bonchev–Trinajstić information content (AvgIpc) is 3.31. The van der Waals surface area contributed by atoms with Crippen LogP contribution in [0.3, 0.4) is 0 Å². The monoisotopic (exact) mass is 302 g/mol. The topological polar surface area (TPSA) is 92.4 Å². The van der Waals surface area contributed by atoms with Gasteiger partial charge in [-0.15, -0.1) is 0 Å². The van der Waals surface area contributed by atoms with Crippen LogP contribution in [0.5, 0.6) is 0 Å². The lowest BCUT2D eigenvalue weighted by Crippen LogP contribution is -2.49. The molecule has 0 radical (unpaired) electrons. The van der Waals surface area contributed by atoms with Crippen LogP contribution in [0.25, 0.3) is 0 Å². The molecule has 0 aromatic heterocycles. The number of hydrogen-bond acceptors (Lipinski definition) is 3. The number of nitrogens with one attached hydrogen (secondary N) is 1. The molecule has 2 unspecified atom stereocenters. The third kappa shape index (κ3) is 2.73. The number of carboxylic acids is 1. The number of benzene rings is 1. The van der Waals surface area contributed by atoms with E-state index in [2.05, 4.69) is 5.32 Å². The molecule has 22 heavy (non-hydrogen) atoms. The van der Waals surface area contributed by atoms with Gasteiger partial charge in [-0.25, -0.2) is 0 Å². The van der Waals surface area contributed by atoms with Crippen LogP contribution in [-0.4, -0.2) is 29.1 Å². The summed E-state index contributed by atoms with van der Waals surface area (Å²) in [4.78, 5) is 23.6. The first-order valence-corrected chi connectivity index (χ1v) is 7.93. The normalized spacial score (nSPS) is 26.2. The van der Waals surface area contributed by atoms with Crippen molar-refractivity contribution in [3.8, 4) is 0 Å². The molecule has 5 nitrogen and oxygen atoms in total.